The molecule has 5 nitrogen and oxygen atoms in total. The molecule has 23 heavy (non-hydrogen) atoms. The Hall–Kier alpha value is -2.27. The van der Waals surface area contributed by atoms with E-state index in [1.54, 1.807) is 28.8 Å². The van der Waals surface area contributed by atoms with Crippen molar-refractivity contribution in [1.29, 1.82) is 0 Å². The number of hydrogen-bond acceptors (Lipinski definition) is 2. The topological polar surface area (TPSA) is 62.5 Å². The van der Waals surface area contributed by atoms with Crippen molar-refractivity contribution < 1.29 is 14.7 Å². The molecule has 2 aromatic rings. The number of aliphatic carboxylic acids is 1. The molecule has 0 aliphatic carbocycles. The lowest BCUT2D eigenvalue weighted by atomic mass is 9.80. The van der Waals surface area contributed by atoms with Crippen LogP contribution in [0.15, 0.2) is 42.6 Å². The molecule has 0 radical (unpaired) electrons. The summed E-state index contributed by atoms with van der Waals surface area (Å²) in [5.74, 6) is -1.10. The van der Waals surface area contributed by atoms with Crippen LogP contribution in [0.5, 0.6) is 0 Å². The van der Waals surface area contributed by atoms with Crippen LogP contribution in [0.2, 0.25) is 5.02 Å². The van der Waals surface area contributed by atoms with Crippen molar-refractivity contribution in [3.8, 4) is 0 Å². The Morgan fingerprint density at radius 2 is 1.96 bits per heavy atom. The number of carboxylic acids is 1. The van der Waals surface area contributed by atoms with Gasteiger partial charge in [-0.05, 0) is 18.1 Å². The van der Waals surface area contributed by atoms with E-state index in [9.17, 15) is 14.7 Å². The number of amides is 1. The molecule has 1 unspecified atom stereocenters. The molecule has 1 saturated heterocycles. The standard InChI is InChI=1S/C17H17ClN2O3/c1-19-10-13(18)9-14(19)15(21)20-8-7-17(11-20,16(22)23)12-5-3-2-4-6-12/h2-6,9-10H,7-8,11H2,1H3,(H,22,23). The van der Waals surface area contributed by atoms with E-state index in [-0.39, 0.29) is 12.5 Å². The number of carbonyl (C=O) groups excluding carboxylic acids is 1. The maximum atomic E-state index is 12.7. The zero-order chi connectivity index (χ0) is 16.6. The van der Waals surface area contributed by atoms with Crippen LogP contribution < -0.4 is 0 Å². The highest BCUT2D eigenvalue weighted by atomic mass is 35.5. The molecule has 0 saturated carbocycles. The number of rotatable bonds is 3. The summed E-state index contributed by atoms with van der Waals surface area (Å²) in [5.41, 5.74) is 0.142. The lowest BCUT2D eigenvalue weighted by molar-refractivity contribution is -0.143. The molecule has 1 atom stereocenters. The van der Waals surface area contributed by atoms with E-state index in [0.29, 0.717) is 23.7 Å². The van der Waals surface area contributed by atoms with E-state index in [0.717, 1.165) is 5.56 Å². The molecule has 1 aromatic carbocycles. The predicted molar refractivity (Wildman–Crippen MR) is 86.7 cm³/mol. The third-order valence-electron chi connectivity index (χ3n) is 4.48. The van der Waals surface area contributed by atoms with Gasteiger partial charge in [0.1, 0.15) is 11.1 Å². The zero-order valence-corrected chi connectivity index (χ0v) is 13.5. The maximum Gasteiger partial charge on any atom is 0.316 e. The van der Waals surface area contributed by atoms with Gasteiger partial charge in [0.25, 0.3) is 5.91 Å². The van der Waals surface area contributed by atoms with Crippen LogP contribution in [0.25, 0.3) is 0 Å². The molecule has 1 aliphatic rings. The Balaban J connectivity index is 1.90. The second-order valence-corrected chi connectivity index (χ2v) is 6.32. The number of aromatic nitrogens is 1. The first-order valence-corrected chi connectivity index (χ1v) is 7.72. The molecule has 2 heterocycles. The summed E-state index contributed by atoms with van der Waals surface area (Å²) >= 11 is 5.93. The van der Waals surface area contributed by atoms with E-state index in [4.69, 9.17) is 11.6 Å². The molecule has 1 aliphatic heterocycles. The lowest BCUT2D eigenvalue weighted by Gasteiger charge is -2.25. The number of halogens is 1. The highest BCUT2D eigenvalue weighted by molar-refractivity contribution is 6.31. The lowest BCUT2D eigenvalue weighted by Crippen LogP contribution is -2.40. The monoisotopic (exact) mass is 332 g/mol. The van der Waals surface area contributed by atoms with Crippen LogP contribution in [-0.4, -0.2) is 39.5 Å². The fourth-order valence-corrected chi connectivity index (χ4v) is 3.42. The number of hydrogen-bond donors (Lipinski definition) is 1. The number of benzene rings is 1. The number of aryl methyl sites for hydroxylation is 1. The van der Waals surface area contributed by atoms with Crippen LogP contribution in [0, 0.1) is 0 Å². The second kappa shape index (κ2) is 5.74. The van der Waals surface area contributed by atoms with E-state index in [1.807, 2.05) is 30.3 Å². The average molecular weight is 333 g/mol. The Kier molecular flexibility index (Phi) is 3.90. The van der Waals surface area contributed by atoms with Crippen molar-refractivity contribution in [3.05, 3.63) is 58.9 Å². The van der Waals surface area contributed by atoms with Crippen molar-refractivity contribution in [1.82, 2.24) is 9.47 Å². The fraction of sp³-hybridized carbons (Fsp3) is 0.294. The highest BCUT2D eigenvalue weighted by Crippen LogP contribution is 2.35. The minimum atomic E-state index is -1.05. The molecule has 1 fully saturated rings. The van der Waals surface area contributed by atoms with Crippen molar-refractivity contribution in [2.24, 2.45) is 7.05 Å². The number of nitrogens with zero attached hydrogens (tertiary/aromatic N) is 2. The average Bonchev–Trinajstić information content (AvgIpc) is 3.12. The summed E-state index contributed by atoms with van der Waals surface area (Å²) in [7, 11) is 1.75. The van der Waals surface area contributed by atoms with Gasteiger partial charge in [-0.1, -0.05) is 41.9 Å². The minimum absolute atomic E-state index is 0.161. The molecular formula is C17H17ClN2O3. The zero-order valence-electron chi connectivity index (χ0n) is 12.7. The van der Waals surface area contributed by atoms with Crippen molar-refractivity contribution in [3.63, 3.8) is 0 Å². The molecule has 6 heteroatoms. The summed E-state index contributed by atoms with van der Waals surface area (Å²) in [6.45, 7) is 0.566. The van der Waals surface area contributed by atoms with Crippen molar-refractivity contribution in [2.75, 3.05) is 13.1 Å². The minimum Gasteiger partial charge on any atom is -0.481 e. The summed E-state index contributed by atoms with van der Waals surface area (Å²) in [5, 5.41) is 10.3. The molecule has 0 bridgehead atoms. The van der Waals surface area contributed by atoms with Gasteiger partial charge in [-0.2, -0.15) is 0 Å². The molecule has 120 valence electrons. The molecule has 1 amide bonds. The van der Waals surface area contributed by atoms with E-state index in [1.165, 1.54) is 0 Å². The third-order valence-corrected chi connectivity index (χ3v) is 4.69. The Bertz CT molecular complexity index is 756. The van der Waals surface area contributed by atoms with Gasteiger partial charge in [-0.25, -0.2) is 0 Å². The molecule has 1 aromatic heterocycles. The summed E-state index contributed by atoms with van der Waals surface area (Å²) < 4.78 is 1.66. The van der Waals surface area contributed by atoms with Crippen molar-refractivity contribution in [2.45, 2.75) is 11.8 Å². The molecule has 3 rings (SSSR count). The van der Waals surface area contributed by atoms with E-state index >= 15 is 0 Å². The van der Waals surface area contributed by atoms with Crippen LogP contribution >= 0.6 is 11.6 Å². The largest absolute Gasteiger partial charge is 0.481 e. The van der Waals surface area contributed by atoms with Crippen LogP contribution in [0.3, 0.4) is 0 Å². The first kappa shape index (κ1) is 15.6. The summed E-state index contributed by atoms with van der Waals surface area (Å²) in [4.78, 5) is 26.2. The highest BCUT2D eigenvalue weighted by Gasteiger charge is 2.47. The summed E-state index contributed by atoms with van der Waals surface area (Å²) in [6, 6.07) is 10.7. The van der Waals surface area contributed by atoms with Gasteiger partial charge in [0, 0.05) is 26.3 Å². The number of carbonyl (C=O) groups is 2. The van der Waals surface area contributed by atoms with Crippen LogP contribution in [0.1, 0.15) is 22.5 Å². The third kappa shape index (κ3) is 2.61. The maximum absolute atomic E-state index is 12.7. The van der Waals surface area contributed by atoms with Gasteiger partial charge < -0.3 is 14.6 Å². The second-order valence-electron chi connectivity index (χ2n) is 5.88. The summed E-state index contributed by atoms with van der Waals surface area (Å²) in [6.07, 6.45) is 2.06. The molecular weight excluding hydrogens is 316 g/mol. The van der Waals surface area contributed by atoms with Gasteiger partial charge in [0.2, 0.25) is 0 Å². The molecule has 1 N–H and O–H groups in total. The number of carboxylic acid groups (broad SMARTS) is 1. The number of likely N-dealkylation sites (tertiary alicyclic amines) is 1. The first-order chi connectivity index (χ1) is 10.9. The van der Waals surface area contributed by atoms with Gasteiger partial charge in [-0.15, -0.1) is 0 Å². The SMILES string of the molecule is Cn1cc(Cl)cc1C(=O)N1CCC(C(=O)O)(c2ccccc2)C1. The van der Waals surface area contributed by atoms with Gasteiger partial charge in [-0.3, -0.25) is 9.59 Å². The predicted octanol–water partition coefficient (Wildman–Crippen LogP) is 2.55. The van der Waals surface area contributed by atoms with Gasteiger partial charge in [0.15, 0.2) is 0 Å². The van der Waals surface area contributed by atoms with E-state index in [2.05, 4.69) is 0 Å². The Morgan fingerprint density at radius 1 is 1.26 bits per heavy atom. The van der Waals surface area contributed by atoms with Gasteiger partial charge >= 0.3 is 5.97 Å². The van der Waals surface area contributed by atoms with Gasteiger partial charge in [0.05, 0.1) is 5.02 Å². The van der Waals surface area contributed by atoms with E-state index < -0.39 is 11.4 Å². The van der Waals surface area contributed by atoms with Crippen LogP contribution in [0.4, 0.5) is 0 Å². The normalized spacial score (nSPS) is 20.7. The Labute approximate surface area is 139 Å². The van der Waals surface area contributed by atoms with Crippen molar-refractivity contribution >= 4 is 23.5 Å². The smallest absolute Gasteiger partial charge is 0.316 e. The quantitative estimate of drug-likeness (QED) is 0.939. The van der Waals surface area contributed by atoms with Crippen LogP contribution in [-0.2, 0) is 17.3 Å². The fourth-order valence-electron chi connectivity index (χ4n) is 3.17. The molecule has 0 spiro atoms. The Morgan fingerprint density at radius 3 is 2.52 bits per heavy atom. The first-order valence-electron chi connectivity index (χ1n) is 7.34.